The average molecular weight is 497 g/mol. The lowest BCUT2D eigenvalue weighted by molar-refractivity contribution is -0.113. The van der Waals surface area contributed by atoms with Crippen LogP contribution in [0.3, 0.4) is 0 Å². The summed E-state index contributed by atoms with van der Waals surface area (Å²) in [7, 11) is 1.83. The van der Waals surface area contributed by atoms with Crippen LogP contribution in [-0.4, -0.2) is 64.2 Å². The van der Waals surface area contributed by atoms with Gasteiger partial charge in [0.05, 0.1) is 12.2 Å². The van der Waals surface area contributed by atoms with Gasteiger partial charge in [0.1, 0.15) is 0 Å². The van der Waals surface area contributed by atoms with Gasteiger partial charge in [0, 0.05) is 51.5 Å². The molecule has 0 amide bonds. The van der Waals surface area contributed by atoms with Gasteiger partial charge in [0.25, 0.3) is 0 Å². The maximum atomic E-state index is 6.02. The molecule has 27 heavy (non-hydrogen) atoms. The maximum Gasteiger partial charge on any atom is 0.191 e. The van der Waals surface area contributed by atoms with Crippen LogP contribution < -0.4 is 10.6 Å². The SMILES string of the molecule is CCCCOC1CC(NC(=NC)NCCCOC2CCOCC2)C1(C)C.I. The van der Waals surface area contributed by atoms with Gasteiger partial charge < -0.3 is 24.8 Å². The third kappa shape index (κ3) is 8.03. The van der Waals surface area contributed by atoms with E-state index >= 15 is 0 Å². The number of hydrogen-bond donors (Lipinski definition) is 2. The predicted molar refractivity (Wildman–Crippen MR) is 121 cm³/mol. The van der Waals surface area contributed by atoms with Gasteiger partial charge >= 0.3 is 0 Å². The van der Waals surface area contributed by atoms with E-state index in [-0.39, 0.29) is 29.4 Å². The molecule has 2 atom stereocenters. The molecule has 1 aliphatic heterocycles. The zero-order chi connectivity index (χ0) is 18.8. The van der Waals surface area contributed by atoms with E-state index in [0.29, 0.717) is 18.2 Å². The van der Waals surface area contributed by atoms with Crippen molar-refractivity contribution in [3.63, 3.8) is 0 Å². The average Bonchev–Trinajstić information content (AvgIpc) is 2.65. The van der Waals surface area contributed by atoms with E-state index in [0.717, 1.165) is 71.0 Å². The molecular formula is C20H40IN3O3. The Bertz CT molecular complexity index is 429. The maximum absolute atomic E-state index is 6.02. The fourth-order valence-corrected chi connectivity index (χ4v) is 3.51. The van der Waals surface area contributed by atoms with Gasteiger partial charge in [-0.2, -0.15) is 0 Å². The molecule has 2 unspecified atom stereocenters. The van der Waals surface area contributed by atoms with Crippen LogP contribution in [0.25, 0.3) is 0 Å². The first-order valence-corrected chi connectivity index (χ1v) is 10.4. The summed E-state index contributed by atoms with van der Waals surface area (Å²) in [5.74, 6) is 0.876. The molecule has 2 fully saturated rings. The summed E-state index contributed by atoms with van der Waals surface area (Å²) in [6, 6.07) is 0.402. The lowest BCUT2D eigenvalue weighted by Gasteiger charge is -2.52. The second kappa shape index (κ2) is 13.2. The van der Waals surface area contributed by atoms with Gasteiger partial charge in [0.15, 0.2) is 5.96 Å². The Hall–Kier alpha value is -0.120. The summed E-state index contributed by atoms with van der Waals surface area (Å²) in [6.07, 6.45) is 7.12. The number of aliphatic imine (C=N–C) groups is 1. The van der Waals surface area contributed by atoms with Gasteiger partial charge in [-0.25, -0.2) is 0 Å². The molecule has 0 aromatic rings. The number of nitrogens with zero attached hydrogens (tertiary/aromatic N) is 1. The molecule has 0 spiro atoms. The van der Waals surface area contributed by atoms with Gasteiger partial charge in [-0.05, 0) is 32.1 Å². The van der Waals surface area contributed by atoms with E-state index in [1.54, 1.807) is 0 Å². The van der Waals surface area contributed by atoms with Gasteiger partial charge in [-0.15, -0.1) is 24.0 Å². The van der Waals surface area contributed by atoms with Crippen LogP contribution >= 0.6 is 24.0 Å². The van der Waals surface area contributed by atoms with Crippen LogP contribution in [0, 0.1) is 5.41 Å². The molecule has 160 valence electrons. The van der Waals surface area contributed by atoms with Crippen molar-refractivity contribution in [3.8, 4) is 0 Å². The molecule has 0 aromatic heterocycles. The van der Waals surface area contributed by atoms with E-state index < -0.39 is 0 Å². The molecule has 2 aliphatic rings. The highest BCUT2D eigenvalue weighted by atomic mass is 127. The second-order valence-electron chi connectivity index (χ2n) is 8.00. The Kier molecular flexibility index (Phi) is 12.2. The second-order valence-corrected chi connectivity index (χ2v) is 8.00. The standard InChI is InChI=1S/C20H39N3O3.HI/c1-5-6-11-26-18-15-17(20(18,2)3)23-19(21-4)22-10-7-12-25-16-8-13-24-14-9-16;/h16-18H,5-15H2,1-4H3,(H2,21,22,23);1H. The van der Waals surface area contributed by atoms with Crippen LogP contribution in [0.1, 0.15) is 59.3 Å². The highest BCUT2D eigenvalue weighted by molar-refractivity contribution is 14.0. The van der Waals surface area contributed by atoms with Crippen molar-refractivity contribution < 1.29 is 14.2 Å². The number of ether oxygens (including phenoxy) is 3. The summed E-state index contributed by atoms with van der Waals surface area (Å²) >= 11 is 0. The quantitative estimate of drug-likeness (QED) is 0.210. The summed E-state index contributed by atoms with van der Waals surface area (Å²) in [5.41, 5.74) is 0.136. The third-order valence-corrected chi connectivity index (χ3v) is 5.66. The fraction of sp³-hybridized carbons (Fsp3) is 0.950. The van der Waals surface area contributed by atoms with Crippen molar-refractivity contribution in [2.45, 2.75) is 77.5 Å². The van der Waals surface area contributed by atoms with Crippen LogP contribution in [0.15, 0.2) is 4.99 Å². The van der Waals surface area contributed by atoms with E-state index in [1.807, 2.05) is 7.05 Å². The number of nitrogens with one attached hydrogen (secondary N) is 2. The van der Waals surface area contributed by atoms with Crippen LogP contribution in [0.5, 0.6) is 0 Å². The van der Waals surface area contributed by atoms with Crippen molar-refractivity contribution >= 4 is 29.9 Å². The van der Waals surface area contributed by atoms with Crippen LogP contribution in [0.2, 0.25) is 0 Å². The topological polar surface area (TPSA) is 64.1 Å². The Morgan fingerprint density at radius 3 is 2.48 bits per heavy atom. The Morgan fingerprint density at radius 2 is 1.85 bits per heavy atom. The minimum atomic E-state index is 0. The summed E-state index contributed by atoms with van der Waals surface area (Å²) in [5, 5.41) is 6.96. The zero-order valence-corrected chi connectivity index (χ0v) is 19.9. The number of halogens is 1. The van der Waals surface area contributed by atoms with Crippen molar-refractivity contribution in [1.82, 2.24) is 10.6 Å². The monoisotopic (exact) mass is 497 g/mol. The Balaban J connectivity index is 0.00000364. The van der Waals surface area contributed by atoms with Crippen LogP contribution in [0.4, 0.5) is 0 Å². The lowest BCUT2D eigenvalue weighted by Crippen LogP contribution is -2.63. The normalized spacial score (nSPS) is 25.4. The van der Waals surface area contributed by atoms with Crippen molar-refractivity contribution in [1.29, 1.82) is 0 Å². The Morgan fingerprint density at radius 1 is 1.15 bits per heavy atom. The highest BCUT2D eigenvalue weighted by Gasteiger charge is 2.49. The summed E-state index contributed by atoms with van der Waals surface area (Å²) < 4.78 is 17.3. The minimum Gasteiger partial charge on any atom is -0.381 e. The van der Waals surface area contributed by atoms with Gasteiger partial charge in [0.2, 0.25) is 0 Å². The largest absolute Gasteiger partial charge is 0.381 e. The number of hydrogen-bond acceptors (Lipinski definition) is 4. The first-order valence-electron chi connectivity index (χ1n) is 10.4. The molecule has 0 aromatic carbocycles. The van der Waals surface area contributed by atoms with Crippen molar-refractivity contribution in [2.75, 3.05) is 40.0 Å². The molecule has 6 nitrogen and oxygen atoms in total. The Labute approximate surface area is 182 Å². The van der Waals surface area contributed by atoms with E-state index in [4.69, 9.17) is 14.2 Å². The van der Waals surface area contributed by atoms with E-state index in [1.165, 1.54) is 6.42 Å². The van der Waals surface area contributed by atoms with E-state index in [9.17, 15) is 0 Å². The van der Waals surface area contributed by atoms with E-state index in [2.05, 4.69) is 36.4 Å². The molecule has 7 heteroatoms. The first kappa shape index (κ1) is 24.9. The molecule has 2 N–H and O–H groups in total. The molecule has 1 saturated heterocycles. The molecule has 1 heterocycles. The molecule has 0 bridgehead atoms. The third-order valence-electron chi connectivity index (χ3n) is 5.66. The molecular weight excluding hydrogens is 457 g/mol. The van der Waals surface area contributed by atoms with Gasteiger partial charge in [-0.1, -0.05) is 27.2 Å². The molecule has 0 radical (unpaired) electrons. The molecule has 1 saturated carbocycles. The predicted octanol–water partition coefficient (Wildman–Crippen LogP) is 3.34. The first-order chi connectivity index (χ1) is 12.6. The molecule has 2 rings (SSSR count). The lowest BCUT2D eigenvalue weighted by atomic mass is 9.64. The summed E-state index contributed by atoms with van der Waals surface area (Å²) in [6.45, 7) is 10.9. The number of unbranched alkanes of at least 4 members (excludes halogenated alkanes) is 1. The van der Waals surface area contributed by atoms with Crippen LogP contribution in [-0.2, 0) is 14.2 Å². The van der Waals surface area contributed by atoms with Crippen molar-refractivity contribution in [2.24, 2.45) is 10.4 Å². The number of rotatable bonds is 10. The smallest absolute Gasteiger partial charge is 0.191 e. The van der Waals surface area contributed by atoms with Gasteiger partial charge in [-0.3, -0.25) is 4.99 Å². The zero-order valence-electron chi connectivity index (χ0n) is 17.6. The van der Waals surface area contributed by atoms with Crippen molar-refractivity contribution in [3.05, 3.63) is 0 Å². The minimum absolute atomic E-state index is 0. The number of guanidine groups is 1. The fourth-order valence-electron chi connectivity index (χ4n) is 3.51. The molecule has 1 aliphatic carbocycles. The summed E-state index contributed by atoms with van der Waals surface area (Å²) in [4.78, 5) is 4.36. The highest BCUT2D eigenvalue weighted by Crippen LogP contribution is 2.42.